The van der Waals surface area contributed by atoms with Crippen molar-refractivity contribution < 1.29 is 9.63 Å². The highest BCUT2D eigenvalue weighted by molar-refractivity contribution is 7.09. The Hall–Kier alpha value is -1.02. The van der Waals surface area contributed by atoms with Crippen LogP contribution in [0, 0.1) is 6.92 Å². The fourth-order valence-electron chi connectivity index (χ4n) is 1.24. The van der Waals surface area contributed by atoms with Crippen LogP contribution in [0.5, 0.6) is 0 Å². The Morgan fingerprint density at radius 3 is 3.06 bits per heavy atom. The minimum atomic E-state index is -0.371. The molecule has 0 aliphatic rings. The van der Waals surface area contributed by atoms with Crippen LogP contribution in [0.1, 0.15) is 17.1 Å². The number of aryl methyl sites for hydroxylation is 1. The summed E-state index contributed by atoms with van der Waals surface area (Å²) in [6, 6.07) is 0. The molecule has 0 atom stereocenters. The van der Waals surface area contributed by atoms with Crippen molar-refractivity contribution in [3.8, 4) is 0 Å². The lowest BCUT2D eigenvalue weighted by atomic mass is 10.3. The van der Waals surface area contributed by atoms with Gasteiger partial charge in [0.05, 0.1) is 17.1 Å². The molecule has 0 radical (unpaired) electrons. The molecule has 90 valence electrons. The first-order valence-electron chi connectivity index (χ1n) is 4.86. The molecule has 0 aromatic carbocycles. The molecule has 1 aromatic heterocycles. The minimum Gasteiger partial charge on any atom is -0.356 e. The number of rotatable bonds is 6. The minimum absolute atomic E-state index is 0.295. The van der Waals surface area contributed by atoms with E-state index in [1.807, 2.05) is 29.8 Å². The third-order valence-electron chi connectivity index (χ3n) is 1.97. The highest BCUT2D eigenvalue weighted by Crippen LogP contribution is 2.09. The molecule has 0 saturated heterocycles. The molecule has 0 unspecified atom stereocenters. The Kier molecular flexibility index (Phi) is 5.33. The van der Waals surface area contributed by atoms with Crippen LogP contribution in [0.2, 0.25) is 0 Å². The lowest BCUT2D eigenvalue weighted by Crippen LogP contribution is -2.29. The van der Waals surface area contributed by atoms with Gasteiger partial charge >= 0.3 is 5.97 Å². The van der Waals surface area contributed by atoms with Crippen LogP contribution < -0.4 is 11.4 Å². The van der Waals surface area contributed by atoms with Crippen molar-refractivity contribution in [1.29, 1.82) is 0 Å². The van der Waals surface area contributed by atoms with Crippen LogP contribution in [0.3, 0.4) is 0 Å². The van der Waals surface area contributed by atoms with E-state index >= 15 is 0 Å². The molecule has 6 nitrogen and oxygen atoms in total. The molecule has 1 aromatic rings. The number of carbonyl (C=O) groups excluding carboxylic acids is 1. The van der Waals surface area contributed by atoms with Crippen molar-refractivity contribution >= 4 is 17.3 Å². The van der Waals surface area contributed by atoms with E-state index < -0.39 is 0 Å². The molecule has 0 aliphatic carbocycles. The van der Waals surface area contributed by atoms with E-state index in [0.717, 1.165) is 17.2 Å². The second-order valence-electron chi connectivity index (χ2n) is 3.44. The van der Waals surface area contributed by atoms with Gasteiger partial charge in [0.2, 0.25) is 0 Å². The SMILES string of the molecule is Cc1nc(CN(C)CCC(=O)ONN)cs1. The van der Waals surface area contributed by atoms with E-state index in [1.54, 1.807) is 11.3 Å². The summed E-state index contributed by atoms with van der Waals surface area (Å²) in [7, 11) is 1.93. The van der Waals surface area contributed by atoms with Crippen LogP contribution >= 0.6 is 11.3 Å². The maximum absolute atomic E-state index is 11.0. The smallest absolute Gasteiger partial charge is 0.327 e. The summed E-state index contributed by atoms with van der Waals surface area (Å²) in [5, 5.41) is 3.07. The summed E-state index contributed by atoms with van der Waals surface area (Å²) in [5.41, 5.74) is 2.89. The summed E-state index contributed by atoms with van der Waals surface area (Å²) in [4.78, 5) is 21.7. The Balaban J connectivity index is 2.25. The number of thiazole rings is 1. The first kappa shape index (κ1) is 13.0. The molecule has 0 saturated carbocycles. The molecule has 7 heteroatoms. The standard InChI is InChI=1S/C9H16N4O2S/c1-7-11-8(6-16-7)5-13(2)4-3-9(14)15-12-10/h6,12H,3-5,10H2,1-2H3. The number of nitrogens with two attached hydrogens (primary N) is 1. The second kappa shape index (κ2) is 6.54. The largest absolute Gasteiger partial charge is 0.356 e. The Morgan fingerprint density at radius 2 is 2.50 bits per heavy atom. The molecule has 1 rings (SSSR count). The van der Waals surface area contributed by atoms with Gasteiger partial charge in [-0.05, 0) is 14.0 Å². The quantitative estimate of drug-likeness (QED) is 0.549. The summed E-state index contributed by atoms with van der Waals surface area (Å²) in [6.07, 6.45) is 0.295. The lowest BCUT2D eigenvalue weighted by Gasteiger charge is -2.14. The molecule has 3 N–H and O–H groups in total. The van der Waals surface area contributed by atoms with Crippen molar-refractivity contribution in [3.05, 3.63) is 16.1 Å². The second-order valence-corrected chi connectivity index (χ2v) is 4.50. The van der Waals surface area contributed by atoms with Gasteiger partial charge in [-0.2, -0.15) is 0 Å². The number of hydrogen-bond donors (Lipinski definition) is 2. The van der Waals surface area contributed by atoms with Gasteiger partial charge in [-0.1, -0.05) is 5.59 Å². The van der Waals surface area contributed by atoms with Crippen LogP contribution in [-0.2, 0) is 16.2 Å². The lowest BCUT2D eigenvalue weighted by molar-refractivity contribution is -0.151. The molecular formula is C9H16N4O2S. The number of nitrogens with zero attached hydrogens (tertiary/aromatic N) is 2. The highest BCUT2D eigenvalue weighted by Gasteiger charge is 2.07. The Labute approximate surface area is 98.3 Å². The van der Waals surface area contributed by atoms with E-state index in [4.69, 9.17) is 5.84 Å². The third kappa shape index (κ3) is 4.67. The first-order chi connectivity index (χ1) is 7.61. The zero-order chi connectivity index (χ0) is 12.0. The Bertz CT molecular complexity index is 342. The van der Waals surface area contributed by atoms with E-state index in [9.17, 15) is 4.79 Å². The molecule has 0 bridgehead atoms. The monoisotopic (exact) mass is 244 g/mol. The number of hydrazine groups is 1. The average Bonchev–Trinajstić information content (AvgIpc) is 2.61. The summed E-state index contributed by atoms with van der Waals surface area (Å²) in [5.74, 6) is 4.48. The van der Waals surface area contributed by atoms with Crippen LogP contribution in [0.4, 0.5) is 0 Å². The van der Waals surface area contributed by atoms with Gasteiger partial charge in [-0.25, -0.2) is 10.8 Å². The number of carbonyl (C=O) groups is 1. The van der Waals surface area contributed by atoms with Gasteiger partial charge in [0, 0.05) is 18.5 Å². The van der Waals surface area contributed by atoms with Crippen molar-refractivity contribution in [2.45, 2.75) is 19.9 Å². The molecule has 0 aliphatic heterocycles. The molecule has 0 fully saturated rings. The van der Waals surface area contributed by atoms with Gasteiger partial charge in [-0.15, -0.1) is 11.3 Å². The number of aromatic nitrogens is 1. The molecule has 1 heterocycles. The van der Waals surface area contributed by atoms with E-state index in [0.29, 0.717) is 13.0 Å². The van der Waals surface area contributed by atoms with E-state index in [1.165, 1.54) is 0 Å². The van der Waals surface area contributed by atoms with Gasteiger partial charge in [0.15, 0.2) is 0 Å². The molecule has 0 spiro atoms. The normalized spacial score (nSPS) is 10.8. The van der Waals surface area contributed by atoms with E-state index in [2.05, 4.69) is 9.82 Å². The fourth-order valence-corrected chi connectivity index (χ4v) is 1.84. The predicted octanol–water partition coefficient (Wildman–Crippen LogP) is 0.195. The highest BCUT2D eigenvalue weighted by atomic mass is 32.1. The molecular weight excluding hydrogens is 228 g/mol. The summed E-state index contributed by atoms with van der Waals surface area (Å²) < 4.78 is 0. The van der Waals surface area contributed by atoms with E-state index in [-0.39, 0.29) is 5.97 Å². The van der Waals surface area contributed by atoms with Crippen molar-refractivity contribution in [3.63, 3.8) is 0 Å². The number of nitrogens with one attached hydrogen (secondary N) is 1. The van der Waals surface area contributed by atoms with Gasteiger partial charge in [0.25, 0.3) is 0 Å². The summed E-state index contributed by atoms with van der Waals surface area (Å²) >= 11 is 1.62. The van der Waals surface area contributed by atoms with Gasteiger partial charge in [0.1, 0.15) is 0 Å². The molecule has 0 amide bonds. The Morgan fingerprint density at radius 1 is 1.75 bits per heavy atom. The first-order valence-corrected chi connectivity index (χ1v) is 5.74. The zero-order valence-corrected chi connectivity index (χ0v) is 10.2. The van der Waals surface area contributed by atoms with Crippen LogP contribution in [0.25, 0.3) is 0 Å². The maximum Gasteiger partial charge on any atom is 0.327 e. The maximum atomic E-state index is 11.0. The zero-order valence-electron chi connectivity index (χ0n) is 9.40. The third-order valence-corrected chi connectivity index (χ3v) is 2.79. The van der Waals surface area contributed by atoms with Gasteiger partial charge in [-0.3, -0.25) is 9.69 Å². The topological polar surface area (TPSA) is 80.5 Å². The van der Waals surface area contributed by atoms with Crippen LogP contribution in [0.15, 0.2) is 5.38 Å². The molecule has 16 heavy (non-hydrogen) atoms. The van der Waals surface area contributed by atoms with Crippen molar-refractivity contribution in [2.24, 2.45) is 5.84 Å². The van der Waals surface area contributed by atoms with Crippen LogP contribution in [-0.4, -0.2) is 29.4 Å². The number of hydrogen-bond acceptors (Lipinski definition) is 7. The average molecular weight is 244 g/mol. The van der Waals surface area contributed by atoms with Crippen molar-refractivity contribution in [1.82, 2.24) is 15.5 Å². The van der Waals surface area contributed by atoms with Crippen molar-refractivity contribution in [2.75, 3.05) is 13.6 Å². The summed E-state index contributed by atoms with van der Waals surface area (Å²) in [6.45, 7) is 3.31. The van der Waals surface area contributed by atoms with Gasteiger partial charge < -0.3 is 4.84 Å². The predicted molar refractivity (Wildman–Crippen MR) is 61.2 cm³/mol. The fraction of sp³-hybridized carbons (Fsp3) is 0.556.